The number of fused-ring (bicyclic) bond motifs is 2. The SMILES string of the molecule is C[C@]12O[C@@]3(CCO[C@H]4[C@@H]3[C@@H]1C(=O)N4c1ccc(Cl)c(Br)c1)CC2=O. The standard InChI is InChI=1S/C17H15BrClNO4/c1-16-11(21)7-17(24-16)4-5-23-15-13(17)12(16)14(22)20(15)8-2-3-10(19)9(18)6-8/h2-3,6,12-13,15H,4-5,7H2,1H3/t12-,13+,15+,16-,17+/m1/s1. The molecule has 0 saturated carbocycles. The number of ether oxygens (including phenoxy) is 2. The molecular weight excluding hydrogens is 398 g/mol. The number of benzene rings is 1. The zero-order chi connectivity index (χ0) is 16.9. The smallest absolute Gasteiger partial charge is 0.236 e. The number of amides is 1. The highest BCUT2D eigenvalue weighted by Gasteiger charge is 2.78. The third-order valence-corrected chi connectivity index (χ3v) is 7.26. The van der Waals surface area contributed by atoms with Crippen molar-refractivity contribution >= 4 is 44.9 Å². The highest BCUT2D eigenvalue weighted by molar-refractivity contribution is 9.10. The van der Waals surface area contributed by atoms with E-state index in [0.29, 0.717) is 24.5 Å². The zero-order valence-corrected chi connectivity index (χ0v) is 15.3. The molecule has 126 valence electrons. The zero-order valence-electron chi connectivity index (χ0n) is 12.9. The molecule has 5 atom stereocenters. The first-order chi connectivity index (χ1) is 11.4. The molecule has 4 fully saturated rings. The van der Waals surface area contributed by atoms with Crippen molar-refractivity contribution in [2.45, 2.75) is 37.2 Å². The van der Waals surface area contributed by atoms with Crippen LogP contribution in [0.25, 0.3) is 0 Å². The van der Waals surface area contributed by atoms with E-state index in [2.05, 4.69) is 15.9 Å². The number of ketones is 1. The van der Waals surface area contributed by atoms with Crippen molar-refractivity contribution in [3.05, 3.63) is 27.7 Å². The number of hydrogen-bond donors (Lipinski definition) is 0. The molecule has 4 heterocycles. The Hall–Kier alpha value is -0.950. The van der Waals surface area contributed by atoms with Gasteiger partial charge in [0.15, 0.2) is 5.78 Å². The number of halogens is 2. The van der Waals surface area contributed by atoms with Crippen molar-refractivity contribution in [3.63, 3.8) is 0 Å². The summed E-state index contributed by atoms with van der Waals surface area (Å²) in [6, 6.07) is 5.38. The lowest BCUT2D eigenvalue weighted by atomic mass is 9.65. The van der Waals surface area contributed by atoms with E-state index in [1.807, 2.05) is 12.1 Å². The molecule has 0 radical (unpaired) electrons. The van der Waals surface area contributed by atoms with Crippen LogP contribution in [0.4, 0.5) is 5.69 Å². The first-order valence-electron chi connectivity index (χ1n) is 8.01. The van der Waals surface area contributed by atoms with Crippen LogP contribution in [0.3, 0.4) is 0 Å². The van der Waals surface area contributed by atoms with Crippen LogP contribution >= 0.6 is 27.5 Å². The van der Waals surface area contributed by atoms with Gasteiger partial charge in [0, 0.05) is 28.9 Å². The van der Waals surface area contributed by atoms with Gasteiger partial charge in [-0.2, -0.15) is 0 Å². The second kappa shape index (κ2) is 4.61. The Bertz CT molecular complexity index is 801. The summed E-state index contributed by atoms with van der Waals surface area (Å²) >= 11 is 9.48. The van der Waals surface area contributed by atoms with E-state index >= 15 is 0 Å². The summed E-state index contributed by atoms with van der Waals surface area (Å²) in [5, 5.41) is 0.581. The number of nitrogens with zero attached hydrogens (tertiary/aromatic N) is 1. The summed E-state index contributed by atoms with van der Waals surface area (Å²) in [5.74, 6) is -0.634. The van der Waals surface area contributed by atoms with Gasteiger partial charge < -0.3 is 9.47 Å². The lowest BCUT2D eigenvalue weighted by Crippen LogP contribution is -2.52. The number of anilines is 1. The molecule has 4 aliphatic heterocycles. The van der Waals surface area contributed by atoms with E-state index in [-0.39, 0.29) is 23.8 Å². The van der Waals surface area contributed by atoms with Crippen LogP contribution in [0.2, 0.25) is 5.02 Å². The number of carbonyl (C=O) groups is 2. The van der Waals surface area contributed by atoms with Gasteiger partial charge in [0.1, 0.15) is 11.8 Å². The van der Waals surface area contributed by atoms with E-state index in [1.54, 1.807) is 17.9 Å². The Morgan fingerprint density at radius 2 is 2.17 bits per heavy atom. The molecule has 7 heteroatoms. The van der Waals surface area contributed by atoms with Gasteiger partial charge in [-0.3, -0.25) is 14.5 Å². The third kappa shape index (κ3) is 1.63. The summed E-state index contributed by atoms with van der Waals surface area (Å²) in [5.41, 5.74) is -0.845. The van der Waals surface area contributed by atoms with Crippen molar-refractivity contribution in [2.24, 2.45) is 11.8 Å². The van der Waals surface area contributed by atoms with E-state index < -0.39 is 17.1 Å². The summed E-state index contributed by atoms with van der Waals surface area (Å²) in [4.78, 5) is 27.4. The van der Waals surface area contributed by atoms with Crippen LogP contribution in [0.5, 0.6) is 0 Å². The summed E-state index contributed by atoms with van der Waals surface area (Å²) in [6.45, 7) is 2.25. The maximum absolute atomic E-state index is 13.2. The highest BCUT2D eigenvalue weighted by Crippen LogP contribution is 2.63. The van der Waals surface area contributed by atoms with Gasteiger partial charge in [-0.25, -0.2) is 0 Å². The summed E-state index contributed by atoms with van der Waals surface area (Å²) in [7, 11) is 0. The molecule has 0 N–H and O–H groups in total. The van der Waals surface area contributed by atoms with Crippen LogP contribution in [-0.4, -0.2) is 35.7 Å². The number of Topliss-reactive ketones (excluding diaryl/α,β-unsaturated/α-hetero) is 1. The van der Waals surface area contributed by atoms with Crippen molar-refractivity contribution < 1.29 is 19.1 Å². The molecule has 2 bridgehead atoms. The van der Waals surface area contributed by atoms with Gasteiger partial charge in [0.25, 0.3) is 0 Å². The summed E-state index contributed by atoms with van der Waals surface area (Å²) < 4.78 is 12.9. The van der Waals surface area contributed by atoms with Crippen molar-refractivity contribution in [3.8, 4) is 0 Å². The molecular formula is C17H15BrClNO4. The highest BCUT2D eigenvalue weighted by atomic mass is 79.9. The lowest BCUT2D eigenvalue weighted by molar-refractivity contribution is -0.144. The van der Waals surface area contributed by atoms with Gasteiger partial charge in [0.05, 0.1) is 23.1 Å². The van der Waals surface area contributed by atoms with Gasteiger partial charge in [-0.05, 0) is 41.1 Å². The van der Waals surface area contributed by atoms with Crippen LogP contribution in [-0.2, 0) is 19.1 Å². The number of carbonyl (C=O) groups excluding carboxylic acids is 2. The Labute approximate surface area is 152 Å². The Balaban J connectivity index is 1.65. The Kier molecular flexibility index (Phi) is 2.94. The molecule has 4 saturated heterocycles. The maximum atomic E-state index is 13.2. The number of hydrogen-bond acceptors (Lipinski definition) is 4. The molecule has 1 amide bonds. The fraction of sp³-hybridized carbons (Fsp3) is 0.529. The number of rotatable bonds is 1. The van der Waals surface area contributed by atoms with Gasteiger partial charge >= 0.3 is 0 Å². The van der Waals surface area contributed by atoms with Crippen molar-refractivity contribution in [2.75, 3.05) is 11.5 Å². The Morgan fingerprint density at radius 3 is 2.92 bits per heavy atom. The summed E-state index contributed by atoms with van der Waals surface area (Å²) in [6.07, 6.45) is 0.659. The second-order valence-corrected chi connectivity index (χ2v) is 8.46. The molecule has 1 aromatic carbocycles. The fourth-order valence-corrected chi connectivity index (χ4v) is 5.51. The van der Waals surface area contributed by atoms with E-state index in [1.165, 1.54) is 0 Å². The molecule has 4 aliphatic rings. The topological polar surface area (TPSA) is 55.8 Å². The van der Waals surface area contributed by atoms with Crippen LogP contribution in [0.1, 0.15) is 19.8 Å². The fourth-order valence-electron chi connectivity index (χ4n) is 5.03. The predicted octanol–water partition coefficient (Wildman–Crippen LogP) is 2.93. The minimum atomic E-state index is -1.02. The van der Waals surface area contributed by atoms with E-state index in [4.69, 9.17) is 21.1 Å². The molecule has 0 aliphatic carbocycles. The van der Waals surface area contributed by atoms with Gasteiger partial charge in [-0.1, -0.05) is 11.6 Å². The van der Waals surface area contributed by atoms with Gasteiger partial charge in [0.2, 0.25) is 5.91 Å². The first-order valence-corrected chi connectivity index (χ1v) is 9.18. The molecule has 0 unspecified atom stereocenters. The average molecular weight is 413 g/mol. The van der Waals surface area contributed by atoms with Crippen LogP contribution < -0.4 is 4.90 Å². The third-order valence-electron chi connectivity index (χ3n) is 6.05. The van der Waals surface area contributed by atoms with Gasteiger partial charge in [-0.15, -0.1) is 0 Å². The normalized spacial score (nSPS) is 42.8. The van der Waals surface area contributed by atoms with Crippen molar-refractivity contribution in [1.29, 1.82) is 0 Å². The molecule has 24 heavy (non-hydrogen) atoms. The quantitative estimate of drug-likeness (QED) is 0.712. The molecule has 1 spiro atoms. The van der Waals surface area contributed by atoms with Crippen LogP contribution in [0.15, 0.2) is 22.7 Å². The van der Waals surface area contributed by atoms with E-state index in [9.17, 15) is 9.59 Å². The molecule has 5 nitrogen and oxygen atoms in total. The maximum Gasteiger partial charge on any atom is 0.236 e. The Morgan fingerprint density at radius 1 is 1.38 bits per heavy atom. The minimum Gasteiger partial charge on any atom is -0.359 e. The lowest BCUT2D eigenvalue weighted by Gasteiger charge is -2.41. The van der Waals surface area contributed by atoms with Crippen molar-refractivity contribution in [1.82, 2.24) is 0 Å². The second-order valence-electron chi connectivity index (χ2n) is 7.20. The average Bonchev–Trinajstić information content (AvgIpc) is 3.07. The van der Waals surface area contributed by atoms with E-state index in [0.717, 1.165) is 10.2 Å². The monoisotopic (exact) mass is 411 g/mol. The minimum absolute atomic E-state index is 0.0388. The predicted molar refractivity (Wildman–Crippen MR) is 89.8 cm³/mol. The largest absolute Gasteiger partial charge is 0.359 e. The molecule has 1 aromatic rings. The molecule has 5 rings (SSSR count). The van der Waals surface area contributed by atoms with Crippen LogP contribution in [0, 0.1) is 11.8 Å². The molecule has 0 aromatic heterocycles. The first kappa shape index (κ1) is 15.3.